The fourth-order valence-corrected chi connectivity index (χ4v) is 2.08. The van der Waals surface area contributed by atoms with Gasteiger partial charge in [0.25, 0.3) is 0 Å². The lowest BCUT2D eigenvalue weighted by molar-refractivity contribution is 0.402. The molecule has 3 aromatic rings. The predicted octanol–water partition coefficient (Wildman–Crippen LogP) is 3.31. The van der Waals surface area contributed by atoms with Crippen LogP contribution in [0.2, 0.25) is 0 Å². The summed E-state index contributed by atoms with van der Waals surface area (Å²) in [4.78, 5) is 9.06. The first kappa shape index (κ1) is 12.4. The van der Waals surface area contributed by atoms with E-state index in [9.17, 15) is 0 Å². The van der Waals surface area contributed by atoms with E-state index in [4.69, 9.17) is 9.47 Å². The van der Waals surface area contributed by atoms with Gasteiger partial charge in [-0.1, -0.05) is 30.3 Å². The van der Waals surface area contributed by atoms with Crippen LogP contribution in [0.5, 0.6) is 11.6 Å². The average molecular weight is 266 g/mol. The van der Waals surface area contributed by atoms with Crippen LogP contribution in [0.25, 0.3) is 22.3 Å². The fraction of sp³-hybridized carbons (Fsp3) is 0.125. The highest BCUT2D eigenvalue weighted by atomic mass is 16.5. The van der Waals surface area contributed by atoms with Gasteiger partial charge in [0.2, 0.25) is 5.88 Å². The van der Waals surface area contributed by atoms with Gasteiger partial charge in [-0.25, -0.2) is 4.98 Å². The molecule has 0 atom stereocenters. The van der Waals surface area contributed by atoms with Crippen LogP contribution in [0.3, 0.4) is 0 Å². The van der Waals surface area contributed by atoms with Gasteiger partial charge in [-0.2, -0.15) is 4.98 Å². The van der Waals surface area contributed by atoms with Gasteiger partial charge in [0, 0.05) is 11.6 Å². The third kappa shape index (κ3) is 2.16. The standard InChI is InChI=1S/C16H14N2O2/c1-19-12-8-9-13-14(10-12)17-15(18-16(13)20-2)11-6-4-3-5-7-11/h3-10H,1-2H3. The summed E-state index contributed by atoms with van der Waals surface area (Å²) in [5, 5.41) is 0.869. The van der Waals surface area contributed by atoms with Gasteiger partial charge in [-0.3, -0.25) is 0 Å². The van der Waals surface area contributed by atoms with Gasteiger partial charge in [-0.15, -0.1) is 0 Å². The van der Waals surface area contributed by atoms with Crippen LogP contribution >= 0.6 is 0 Å². The van der Waals surface area contributed by atoms with E-state index in [1.54, 1.807) is 14.2 Å². The lowest BCUT2D eigenvalue weighted by atomic mass is 10.2. The summed E-state index contributed by atoms with van der Waals surface area (Å²) in [7, 11) is 3.25. The highest BCUT2D eigenvalue weighted by Crippen LogP contribution is 2.28. The highest BCUT2D eigenvalue weighted by Gasteiger charge is 2.10. The molecule has 1 aromatic heterocycles. The Kier molecular flexibility index (Phi) is 3.21. The van der Waals surface area contributed by atoms with Crippen LogP contribution in [-0.4, -0.2) is 24.2 Å². The number of benzene rings is 2. The first-order chi connectivity index (χ1) is 9.81. The van der Waals surface area contributed by atoms with Crippen molar-refractivity contribution in [1.82, 2.24) is 9.97 Å². The molecule has 0 aliphatic heterocycles. The smallest absolute Gasteiger partial charge is 0.224 e. The van der Waals surface area contributed by atoms with E-state index < -0.39 is 0 Å². The quantitative estimate of drug-likeness (QED) is 0.729. The number of hydrogen-bond donors (Lipinski definition) is 0. The first-order valence-electron chi connectivity index (χ1n) is 6.27. The third-order valence-corrected chi connectivity index (χ3v) is 3.09. The number of nitrogens with zero attached hydrogens (tertiary/aromatic N) is 2. The number of aromatic nitrogens is 2. The largest absolute Gasteiger partial charge is 0.497 e. The lowest BCUT2D eigenvalue weighted by Gasteiger charge is -2.08. The molecule has 0 spiro atoms. The lowest BCUT2D eigenvalue weighted by Crippen LogP contribution is -1.96. The van der Waals surface area contributed by atoms with Gasteiger partial charge in [0.15, 0.2) is 5.82 Å². The third-order valence-electron chi connectivity index (χ3n) is 3.09. The van der Waals surface area contributed by atoms with Crippen molar-refractivity contribution in [3.63, 3.8) is 0 Å². The fourth-order valence-electron chi connectivity index (χ4n) is 2.08. The van der Waals surface area contributed by atoms with E-state index in [-0.39, 0.29) is 0 Å². The van der Waals surface area contributed by atoms with Gasteiger partial charge in [0.1, 0.15) is 5.75 Å². The minimum atomic E-state index is 0.566. The van der Waals surface area contributed by atoms with Crippen molar-refractivity contribution in [3.05, 3.63) is 48.5 Å². The predicted molar refractivity (Wildman–Crippen MR) is 78.1 cm³/mol. The Hall–Kier alpha value is -2.62. The molecule has 1 heterocycles. The molecular weight excluding hydrogens is 252 g/mol. The minimum absolute atomic E-state index is 0.566. The molecule has 4 nitrogen and oxygen atoms in total. The van der Waals surface area contributed by atoms with Crippen LogP contribution < -0.4 is 9.47 Å². The van der Waals surface area contributed by atoms with E-state index in [1.165, 1.54) is 0 Å². The molecule has 100 valence electrons. The van der Waals surface area contributed by atoms with Crippen LogP contribution in [0.4, 0.5) is 0 Å². The van der Waals surface area contributed by atoms with Gasteiger partial charge < -0.3 is 9.47 Å². The van der Waals surface area contributed by atoms with E-state index in [0.29, 0.717) is 11.7 Å². The molecule has 0 bridgehead atoms. The van der Waals surface area contributed by atoms with Gasteiger partial charge >= 0.3 is 0 Å². The maximum atomic E-state index is 5.37. The number of hydrogen-bond acceptors (Lipinski definition) is 4. The molecule has 4 heteroatoms. The Morgan fingerprint density at radius 3 is 2.35 bits per heavy atom. The highest BCUT2D eigenvalue weighted by molar-refractivity contribution is 5.86. The zero-order valence-electron chi connectivity index (χ0n) is 11.3. The molecular formula is C16H14N2O2. The molecule has 0 unspecified atom stereocenters. The molecule has 3 rings (SSSR count). The molecule has 0 amide bonds. The van der Waals surface area contributed by atoms with Crippen molar-refractivity contribution in [1.29, 1.82) is 0 Å². The Balaban J connectivity index is 2.24. The second-order valence-electron chi connectivity index (χ2n) is 4.31. The monoisotopic (exact) mass is 266 g/mol. The van der Waals surface area contributed by atoms with Crippen molar-refractivity contribution in [2.24, 2.45) is 0 Å². The SMILES string of the molecule is COc1ccc2c(OC)nc(-c3ccccc3)nc2c1. The van der Waals surface area contributed by atoms with Crippen molar-refractivity contribution >= 4 is 10.9 Å². The summed E-state index contributed by atoms with van der Waals surface area (Å²) in [6.45, 7) is 0. The molecule has 0 aliphatic carbocycles. The van der Waals surface area contributed by atoms with Gasteiger partial charge in [0.05, 0.1) is 25.1 Å². The molecule has 20 heavy (non-hydrogen) atoms. The summed E-state index contributed by atoms with van der Waals surface area (Å²) in [6.07, 6.45) is 0. The minimum Gasteiger partial charge on any atom is -0.497 e. The van der Waals surface area contributed by atoms with Crippen LogP contribution in [0.15, 0.2) is 48.5 Å². The topological polar surface area (TPSA) is 44.2 Å². The molecule has 0 radical (unpaired) electrons. The van der Waals surface area contributed by atoms with E-state index in [1.807, 2.05) is 48.5 Å². The normalized spacial score (nSPS) is 10.5. The summed E-state index contributed by atoms with van der Waals surface area (Å²) in [6, 6.07) is 15.5. The summed E-state index contributed by atoms with van der Waals surface area (Å²) >= 11 is 0. The average Bonchev–Trinajstić information content (AvgIpc) is 2.54. The number of fused-ring (bicyclic) bond motifs is 1. The first-order valence-corrected chi connectivity index (χ1v) is 6.27. The van der Waals surface area contributed by atoms with Crippen LogP contribution in [0, 0.1) is 0 Å². The maximum Gasteiger partial charge on any atom is 0.224 e. The zero-order chi connectivity index (χ0) is 13.9. The van der Waals surface area contributed by atoms with Crippen molar-refractivity contribution in [3.8, 4) is 23.0 Å². The second kappa shape index (κ2) is 5.17. The zero-order valence-corrected chi connectivity index (χ0v) is 11.3. The van der Waals surface area contributed by atoms with Crippen LogP contribution in [0.1, 0.15) is 0 Å². The molecule has 0 fully saturated rings. The number of ether oxygens (including phenoxy) is 2. The molecule has 2 aromatic carbocycles. The number of rotatable bonds is 3. The van der Waals surface area contributed by atoms with Crippen molar-refractivity contribution in [2.75, 3.05) is 14.2 Å². The van der Waals surface area contributed by atoms with E-state index in [0.717, 1.165) is 22.2 Å². The van der Waals surface area contributed by atoms with Crippen molar-refractivity contribution < 1.29 is 9.47 Å². The molecule has 0 saturated carbocycles. The second-order valence-corrected chi connectivity index (χ2v) is 4.31. The Morgan fingerprint density at radius 1 is 0.850 bits per heavy atom. The van der Waals surface area contributed by atoms with Gasteiger partial charge in [-0.05, 0) is 12.1 Å². The Bertz CT molecular complexity index is 742. The maximum absolute atomic E-state index is 5.37. The Labute approximate surface area is 117 Å². The number of methoxy groups -OCH3 is 2. The van der Waals surface area contributed by atoms with Crippen LogP contribution in [-0.2, 0) is 0 Å². The van der Waals surface area contributed by atoms with Crippen molar-refractivity contribution in [2.45, 2.75) is 0 Å². The molecule has 0 saturated heterocycles. The summed E-state index contributed by atoms with van der Waals surface area (Å²) in [5.74, 6) is 1.97. The summed E-state index contributed by atoms with van der Waals surface area (Å²) in [5.41, 5.74) is 1.76. The van der Waals surface area contributed by atoms with E-state index >= 15 is 0 Å². The van der Waals surface area contributed by atoms with E-state index in [2.05, 4.69) is 9.97 Å². The Morgan fingerprint density at radius 2 is 1.65 bits per heavy atom. The molecule has 0 aliphatic rings. The summed E-state index contributed by atoms with van der Waals surface area (Å²) < 4.78 is 10.6. The molecule has 0 N–H and O–H groups in total.